The van der Waals surface area contributed by atoms with E-state index in [1.54, 1.807) is 6.07 Å². The predicted octanol–water partition coefficient (Wildman–Crippen LogP) is 2.76. The normalized spacial score (nSPS) is 17.2. The van der Waals surface area contributed by atoms with E-state index in [0.29, 0.717) is 18.7 Å². The summed E-state index contributed by atoms with van der Waals surface area (Å²) in [6.07, 6.45) is -0.0111. The molecule has 0 amide bonds. The topological polar surface area (TPSA) is 60.9 Å². The number of hydrogen-bond donors (Lipinski definition) is 0. The Morgan fingerprint density at radius 3 is 2.76 bits per heavy atom. The lowest BCUT2D eigenvalue weighted by Crippen LogP contribution is -2.39. The van der Waals surface area contributed by atoms with Crippen molar-refractivity contribution < 1.29 is 19.0 Å². The Labute approximate surface area is 147 Å². The monoisotopic (exact) mass is 342 g/mol. The Balaban J connectivity index is 1.84. The highest BCUT2D eigenvalue weighted by atomic mass is 16.5. The number of ether oxygens (including phenoxy) is 3. The molecule has 6 heteroatoms. The number of nitrogens with zero attached hydrogens (tertiary/aromatic N) is 2. The van der Waals surface area contributed by atoms with Gasteiger partial charge in [-0.25, -0.2) is 4.79 Å². The fraction of sp³-hybridized carbons (Fsp3) is 0.368. The van der Waals surface area contributed by atoms with Crippen molar-refractivity contribution in [3.05, 3.63) is 53.1 Å². The second-order valence-corrected chi connectivity index (χ2v) is 5.88. The maximum Gasteiger partial charge on any atom is 0.343 e. The molecule has 1 aromatic heterocycles. The number of carbonyl (C=O) groups excluding carboxylic acids is 1. The van der Waals surface area contributed by atoms with Crippen LogP contribution in [0.2, 0.25) is 0 Å². The molecule has 1 fully saturated rings. The molecule has 25 heavy (non-hydrogen) atoms. The van der Waals surface area contributed by atoms with Gasteiger partial charge in [0.25, 0.3) is 0 Å². The first-order chi connectivity index (χ1) is 12.1. The van der Waals surface area contributed by atoms with Gasteiger partial charge in [-0.05, 0) is 30.2 Å². The van der Waals surface area contributed by atoms with E-state index in [-0.39, 0.29) is 12.0 Å². The molecule has 0 saturated carbocycles. The summed E-state index contributed by atoms with van der Waals surface area (Å²) in [5.41, 5.74) is 2.71. The fourth-order valence-electron chi connectivity index (χ4n) is 3.02. The molecule has 0 radical (unpaired) electrons. The minimum atomic E-state index is -0.462. The van der Waals surface area contributed by atoms with E-state index in [1.165, 1.54) is 25.3 Å². The Bertz CT molecular complexity index is 763. The lowest BCUT2D eigenvalue weighted by atomic mass is 10.0. The number of rotatable bonds is 4. The van der Waals surface area contributed by atoms with E-state index in [2.05, 4.69) is 28.9 Å². The van der Waals surface area contributed by atoms with Crippen molar-refractivity contribution in [1.29, 1.82) is 0 Å². The van der Waals surface area contributed by atoms with E-state index in [9.17, 15) is 4.79 Å². The van der Waals surface area contributed by atoms with E-state index in [4.69, 9.17) is 14.2 Å². The lowest BCUT2D eigenvalue weighted by molar-refractivity contribution is 0.0390. The molecule has 1 saturated heterocycles. The maximum atomic E-state index is 11.8. The molecule has 1 aliphatic rings. The third-order valence-corrected chi connectivity index (χ3v) is 4.37. The van der Waals surface area contributed by atoms with Crippen LogP contribution in [0.5, 0.6) is 5.88 Å². The summed E-state index contributed by atoms with van der Waals surface area (Å²) in [6, 6.07) is 11.7. The molecule has 1 unspecified atom stereocenters. The molecule has 1 aromatic carbocycles. The van der Waals surface area contributed by atoms with Crippen molar-refractivity contribution in [1.82, 2.24) is 4.98 Å². The van der Waals surface area contributed by atoms with Crippen molar-refractivity contribution in [2.75, 3.05) is 38.8 Å². The zero-order valence-electron chi connectivity index (χ0n) is 14.7. The zero-order valence-corrected chi connectivity index (χ0v) is 14.7. The van der Waals surface area contributed by atoms with Crippen molar-refractivity contribution in [2.24, 2.45) is 0 Å². The lowest BCUT2D eigenvalue weighted by Gasteiger charge is -2.34. The second kappa shape index (κ2) is 7.53. The fourth-order valence-corrected chi connectivity index (χ4v) is 3.02. The molecule has 132 valence electrons. The van der Waals surface area contributed by atoms with Crippen LogP contribution in [-0.4, -0.2) is 44.9 Å². The highest BCUT2D eigenvalue weighted by molar-refractivity contribution is 5.92. The number of carbonyl (C=O) groups is 1. The average Bonchev–Trinajstić information content (AvgIpc) is 2.67. The van der Waals surface area contributed by atoms with Crippen LogP contribution >= 0.6 is 0 Å². The van der Waals surface area contributed by atoms with Gasteiger partial charge in [0, 0.05) is 13.1 Å². The van der Waals surface area contributed by atoms with Gasteiger partial charge in [0.1, 0.15) is 17.5 Å². The Morgan fingerprint density at radius 2 is 2.04 bits per heavy atom. The summed E-state index contributed by atoms with van der Waals surface area (Å²) in [5.74, 6) is 0.560. The van der Waals surface area contributed by atoms with Crippen LogP contribution in [0.3, 0.4) is 0 Å². The molecular formula is C19H22N2O4. The second-order valence-electron chi connectivity index (χ2n) is 5.88. The van der Waals surface area contributed by atoms with Gasteiger partial charge in [-0.1, -0.05) is 24.3 Å². The average molecular weight is 342 g/mol. The van der Waals surface area contributed by atoms with E-state index >= 15 is 0 Å². The Hall–Kier alpha value is -2.60. The summed E-state index contributed by atoms with van der Waals surface area (Å²) in [5, 5.41) is 0. The molecule has 3 rings (SSSR count). The number of aromatic nitrogens is 1. The highest BCUT2D eigenvalue weighted by Gasteiger charge is 2.25. The van der Waals surface area contributed by atoms with Crippen molar-refractivity contribution >= 4 is 11.8 Å². The van der Waals surface area contributed by atoms with Gasteiger partial charge in [-0.3, -0.25) is 0 Å². The van der Waals surface area contributed by atoms with E-state index in [0.717, 1.165) is 12.4 Å². The Kier molecular flexibility index (Phi) is 5.19. The summed E-state index contributed by atoms with van der Waals surface area (Å²) < 4.78 is 16.0. The number of anilines is 1. The first-order valence-corrected chi connectivity index (χ1v) is 8.19. The molecule has 1 aliphatic heterocycles. The van der Waals surface area contributed by atoms with Crippen LogP contribution in [0.25, 0.3) is 0 Å². The van der Waals surface area contributed by atoms with E-state index < -0.39 is 5.97 Å². The molecule has 2 heterocycles. The van der Waals surface area contributed by atoms with Gasteiger partial charge in [-0.2, -0.15) is 4.98 Å². The van der Waals surface area contributed by atoms with Crippen LogP contribution in [0, 0.1) is 6.92 Å². The Morgan fingerprint density at radius 1 is 1.24 bits per heavy atom. The maximum absolute atomic E-state index is 11.8. The first kappa shape index (κ1) is 17.2. The summed E-state index contributed by atoms with van der Waals surface area (Å²) in [6.45, 7) is 4.13. The smallest absolute Gasteiger partial charge is 0.343 e. The first-order valence-electron chi connectivity index (χ1n) is 8.19. The molecule has 0 bridgehead atoms. The highest BCUT2D eigenvalue weighted by Crippen LogP contribution is 2.29. The number of pyridine rings is 1. The number of esters is 1. The van der Waals surface area contributed by atoms with Crippen molar-refractivity contribution in [3.63, 3.8) is 0 Å². The summed E-state index contributed by atoms with van der Waals surface area (Å²) in [4.78, 5) is 18.4. The van der Waals surface area contributed by atoms with Gasteiger partial charge >= 0.3 is 5.97 Å². The minimum Gasteiger partial charge on any atom is -0.480 e. The third-order valence-electron chi connectivity index (χ3n) is 4.37. The zero-order chi connectivity index (χ0) is 17.8. The molecule has 0 aliphatic carbocycles. The van der Waals surface area contributed by atoms with Crippen LogP contribution < -0.4 is 9.64 Å². The van der Waals surface area contributed by atoms with Crippen molar-refractivity contribution in [3.8, 4) is 5.88 Å². The summed E-state index contributed by atoms with van der Waals surface area (Å²) >= 11 is 0. The minimum absolute atomic E-state index is 0.0111. The van der Waals surface area contributed by atoms with Gasteiger partial charge in [0.2, 0.25) is 5.88 Å². The van der Waals surface area contributed by atoms with E-state index in [1.807, 2.05) is 18.2 Å². The number of benzene rings is 1. The molecule has 0 N–H and O–H groups in total. The molecular weight excluding hydrogens is 320 g/mol. The summed E-state index contributed by atoms with van der Waals surface area (Å²) in [7, 11) is 2.83. The largest absolute Gasteiger partial charge is 0.480 e. The predicted molar refractivity (Wildman–Crippen MR) is 94.2 cm³/mol. The van der Waals surface area contributed by atoms with Crippen LogP contribution in [0.15, 0.2) is 36.4 Å². The quantitative estimate of drug-likeness (QED) is 0.796. The van der Waals surface area contributed by atoms with Crippen LogP contribution in [-0.2, 0) is 9.47 Å². The van der Waals surface area contributed by atoms with Gasteiger partial charge in [0.15, 0.2) is 0 Å². The molecule has 1 atom stereocenters. The molecule has 0 spiro atoms. The van der Waals surface area contributed by atoms with Gasteiger partial charge < -0.3 is 19.1 Å². The number of morpholine rings is 1. The van der Waals surface area contributed by atoms with Crippen molar-refractivity contribution in [2.45, 2.75) is 13.0 Å². The third kappa shape index (κ3) is 3.58. The van der Waals surface area contributed by atoms with Crippen LogP contribution in [0.4, 0.5) is 5.82 Å². The number of methoxy groups -OCH3 is 2. The number of hydrogen-bond acceptors (Lipinski definition) is 6. The van der Waals surface area contributed by atoms with Gasteiger partial charge in [0.05, 0.1) is 20.8 Å². The number of aryl methyl sites for hydroxylation is 1. The molecule has 2 aromatic rings. The molecule has 6 nitrogen and oxygen atoms in total. The standard InChI is InChI=1S/C19H22N2O4/c1-13-6-4-5-7-14(13)16-12-21(10-11-25-16)17-9-8-15(19(22)24-3)18(20-17)23-2/h4-9,16H,10-12H2,1-3H3. The van der Waals surface area contributed by atoms with Gasteiger partial charge in [-0.15, -0.1) is 0 Å². The SMILES string of the molecule is COC(=O)c1ccc(N2CCOC(c3ccccc3C)C2)nc1OC. The van der Waals surface area contributed by atoms with Crippen LogP contribution in [0.1, 0.15) is 27.6 Å².